The Hall–Kier alpha value is -3.29. The van der Waals surface area contributed by atoms with Gasteiger partial charge in [-0.05, 0) is 59.2 Å². The summed E-state index contributed by atoms with van der Waals surface area (Å²) in [6, 6.07) is 12.1. The van der Waals surface area contributed by atoms with E-state index < -0.39 is 0 Å². The molecular weight excluding hydrogens is 347 g/mol. The predicted octanol–water partition coefficient (Wildman–Crippen LogP) is 2.58. The predicted molar refractivity (Wildman–Crippen MR) is 99.3 cm³/mol. The van der Waals surface area contributed by atoms with Crippen molar-refractivity contribution in [3.63, 3.8) is 0 Å². The summed E-state index contributed by atoms with van der Waals surface area (Å²) in [5.74, 6) is -0.538. The van der Waals surface area contributed by atoms with Crippen molar-refractivity contribution in [3.05, 3.63) is 60.2 Å². The van der Waals surface area contributed by atoms with Crippen LogP contribution in [0.2, 0.25) is 0 Å². The number of hydrogen-bond donors (Lipinski definition) is 1. The highest BCUT2D eigenvalue weighted by Crippen LogP contribution is 2.25. The molecule has 1 aromatic heterocycles. The van der Waals surface area contributed by atoms with Crippen LogP contribution < -0.4 is 10.2 Å². The molecule has 0 aliphatic carbocycles. The van der Waals surface area contributed by atoms with Crippen LogP contribution >= 0.6 is 0 Å². The number of carbonyl (C=O) groups is 1. The topological polar surface area (TPSA) is 75.9 Å². The summed E-state index contributed by atoms with van der Waals surface area (Å²) in [7, 11) is 0. The monoisotopic (exact) mass is 366 g/mol. The van der Waals surface area contributed by atoms with E-state index in [2.05, 4.69) is 25.7 Å². The third kappa shape index (κ3) is 4.11. The third-order valence-corrected chi connectivity index (χ3v) is 4.55. The summed E-state index contributed by atoms with van der Waals surface area (Å²) in [4.78, 5) is 14.5. The van der Waals surface area contributed by atoms with E-state index in [-0.39, 0.29) is 18.1 Å². The van der Waals surface area contributed by atoms with Crippen molar-refractivity contribution in [2.45, 2.75) is 19.3 Å². The van der Waals surface area contributed by atoms with Crippen LogP contribution in [0.1, 0.15) is 18.4 Å². The smallest absolute Gasteiger partial charge is 0.228 e. The van der Waals surface area contributed by atoms with Crippen molar-refractivity contribution in [3.8, 4) is 5.69 Å². The first kappa shape index (κ1) is 17.1. The molecule has 0 unspecified atom stereocenters. The Morgan fingerprint density at radius 1 is 1.07 bits per heavy atom. The molecule has 1 amide bonds. The number of anilines is 2. The minimum absolute atomic E-state index is 0.192. The zero-order valence-electron chi connectivity index (χ0n) is 14.7. The van der Waals surface area contributed by atoms with Gasteiger partial charge in [-0.25, -0.2) is 9.07 Å². The van der Waals surface area contributed by atoms with Crippen molar-refractivity contribution < 1.29 is 9.18 Å². The van der Waals surface area contributed by atoms with Crippen molar-refractivity contribution in [1.29, 1.82) is 0 Å². The molecule has 2 heterocycles. The van der Waals surface area contributed by atoms with Gasteiger partial charge in [0.05, 0.1) is 12.1 Å². The summed E-state index contributed by atoms with van der Waals surface area (Å²) >= 11 is 0. The van der Waals surface area contributed by atoms with Crippen LogP contribution in [-0.2, 0) is 11.2 Å². The van der Waals surface area contributed by atoms with Gasteiger partial charge in [0.1, 0.15) is 12.1 Å². The first-order chi connectivity index (χ1) is 13.2. The van der Waals surface area contributed by atoms with E-state index in [1.165, 1.54) is 23.1 Å². The molecule has 0 atom stereocenters. The van der Waals surface area contributed by atoms with Gasteiger partial charge in [0.2, 0.25) is 5.91 Å². The summed E-state index contributed by atoms with van der Waals surface area (Å²) in [6.07, 6.45) is 3.92. The highest BCUT2D eigenvalue weighted by molar-refractivity contribution is 5.92. The molecule has 0 spiro atoms. The molecule has 1 fully saturated rings. The molecule has 27 heavy (non-hydrogen) atoms. The normalized spacial score (nSPS) is 13.7. The molecule has 0 bridgehead atoms. The highest BCUT2D eigenvalue weighted by atomic mass is 19.1. The van der Waals surface area contributed by atoms with Gasteiger partial charge < -0.3 is 10.2 Å². The van der Waals surface area contributed by atoms with E-state index >= 15 is 0 Å². The lowest BCUT2D eigenvalue weighted by molar-refractivity contribution is -0.115. The first-order valence-electron chi connectivity index (χ1n) is 8.85. The number of carbonyl (C=O) groups excluding carboxylic acids is 1. The van der Waals surface area contributed by atoms with Gasteiger partial charge in [-0.1, -0.05) is 12.1 Å². The van der Waals surface area contributed by atoms with Crippen molar-refractivity contribution in [1.82, 2.24) is 20.2 Å². The van der Waals surface area contributed by atoms with Crippen LogP contribution in [0.15, 0.2) is 48.8 Å². The standard InChI is InChI=1S/C19H19FN6O/c20-15-10-16(12-18(11-15)25-7-1-2-8-25)22-19(27)9-14-3-5-17(6-4-14)26-13-21-23-24-26/h3-6,10-13H,1-2,7-9H2,(H,22,27). The molecular formula is C19H19FN6O. The Morgan fingerprint density at radius 3 is 2.56 bits per heavy atom. The summed E-state index contributed by atoms with van der Waals surface area (Å²) < 4.78 is 15.5. The second-order valence-electron chi connectivity index (χ2n) is 6.54. The maximum atomic E-state index is 13.9. The molecule has 2 aromatic carbocycles. The van der Waals surface area contributed by atoms with Gasteiger partial charge in [0.25, 0.3) is 0 Å². The van der Waals surface area contributed by atoms with E-state index in [4.69, 9.17) is 0 Å². The zero-order chi connectivity index (χ0) is 18.6. The first-order valence-corrected chi connectivity index (χ1v) is 8.85. The van der Waals surface area contributed by atoms with Crippen LogP contribution in [0.4, 0.5) is 15.8 Å². The van der Waals surface area contributed by atoms with E-state index in [1.54, 1.807) is 0 Å². The maximum absolute atomic E-state index is 13.9. The Balaban J connectivity index is 1.42. The van der Waals surface area contributed by atoms with Gasteiger partial charge in [0.15, 0.2) is 0 Å². The lowest BCUT2D eigenvalue weighted by Crippen LogP contribution is -2.19. The molecule has 7 nitrogen and oxygen atoms in total. The number of benzene rings is 2. The van der Waals surface area contributed by atoms with Crippen molar-refractivity contribution in [2.24, 2.45) is 0 Å². The molecule has 1 saturated heterocycles. The lowest BCUT2D eigenvalue weighted by atomic mass is 10.1. The van der Waals surface area contributed by atoms with Crippen LogP contribution in [0, 0.1) is 5.82 Å². The Bertz CT molecular complexity index is 920. The highest BCUT2D eigenvalue weighted by Gasteiger charge is 2.14. The number of hydrogen-bond acceptors (Lipinski definition) is 5. The number of amides is 1. The van der Waals surface area contributed by atoms with E-state index in [0.29, 0.717) is 5.69 Å². The molecule has 0 saturated carbocycles. The van der Waals surface area contributed by atoms with Crippen LogP contribution in [0.5, 0.6) is 0 Å². The quantitative estimate of drug-likeness (QED) is 0.751. The Kier molecular flexibility index (Phi) is 4.78. The molecule has 138 valence electrons. The van der Waals surface area contributed by atoms with Gasteiger partial charge in [-0.3, -0.25) is 4.79 Å². The average molecular weight is 366 g/mol. The SMILES string of the molecule is O=C(Cc1ccc(-n2cnnn2)cc1)Nc1cc(F)cc(N2CCCC2)c1. The van der Waals surface area contributed by atoms with Gasteiger partial charge in [-0.2, -0.15) is 0 Å². The lowest BCUT2D eigenvalue weighted by Gasteiger charge is -2.18. The van der Waals surface area contributed by atoms with Crippen LogP contribution in [0.25, 0.3) is 5.69 Å². The summed E-state index contributed by atoms with van der Waals surface area (Å²) in [5, 5.41) is 13.8. The minimum atomic E-state index is -0.347. The van der Waals surface area contributed by atoms with Gasteiger partial charge in [-0.15, -0.1) is 5.10 Å². The summed E-state index contributed by atoms with van der Waals surface area (Å²) in [6.45, 7) is 1.84. The number of nitrogens with one attached hydrogen (secondary N) is 1. The van der Waals surface area contributed by atoms with Gasteiger partial charge in [0, 0.05) is 24.5 Å². The number of tetrazole rings is 1. The number of halogens is 1. The summed E-state index contributed by atoms with van der Waals surface area (Å²) in [5.41, 5.74) is 2.95. The van der Waals surface area contributed by atoms with E-state index in [1.807, 2.05) is 30.3 Å². The molecule has 4 rings (SSSR count). The molecule has 1 aliphatic heterocycles. The number of rotatable bonds is 5. The molecule has 3 aromatic rings. The second-order valence-corrected chi connectivity index (χ2v) is 6.54. The number of nitrogens with zero attached hydrogens (tertiary/aromatic N) is 5. The molecule has 8 heteroatoms. The third-order valence-electron chi connectivity index (χ3n) is 4.55. The van der Waals surface area contributed by atoms with E-state index in [9.17, 15) is 9.18 Å². The molecule has 0 radical (unpaired) electrons. The minimum Gasteiger partial charge on any atom is -0.371 e. The van der Waals surface area contributed by atoms with Crippen LogP contribution in [0.3, 0.4) is 0 Å². The van der Waals surface area contributed by atoms with Crippen molar-refractivity contribution >= 4 is 17.3 Å². The molecule has 1 aliphatic rings. The Morgan fingerprint density at radius 2 is 1.85 bits per heavy atom. The fourth-order valence-corrected chi connectivity index (χ4v) is 3.24. The fourth-order valence-electron chi connectivity index (χ4n) is 3.24. The van der Waals surface area contributed by atoms with Gasteiger partial charge >= 0.3 is 0 Å². The Labute approximate surface area is 155 Å². The second kappa shape index (κ2) is 7.53. The zero-order valence-corrected chi connectivity index (χ0v) is 14.7. The maximum Gasteiger partial charge on any atom is 0.228 e. The average Bonchev–Trinajstić information content (AvgIpc) is 3.36. The van der Waals surface area contributed by atoms with E-state index in [0.717, 1.165) is 42.9 Å². The van der Waals surface area contributed by atoms with Crippen molar-refractivity contribution in [2.75, 3.05) is 23.3 Å². The number of aromatic nitrogens is 4. The molecule has 1 N–H and O–H groups in total. The fraction of sp³-hybridized carbons (Fsp3) is 0.263. The largest absolute Gasteiger partial charge is 0.371 e. The van der Waals surface area contributed by atoms with Crippen LogP contribution in [-0.4, -0.2) is 39.2 Å².